The zero-order valence-corrected chi connectivity index (χ0v) is 11.3. The van der Waals surface area contributed by atoms with Crippen LogP contribution >= 0.6 is 11.6 Å². The number of aromatic nitrogens is 2. The highest BCUT2D eigenvalue weighted by Crippen LogP contribution is 2.32. The molecular weight excluding hydrogens is 303 g/mol. The molecule has 1 aromatic heterocycles. The van der Waals surface area contributed by atoms with Gasteiger partial charge in [0, 0.05) is 6.07 Å². The Morgan fingerprint density at radius 3 is 2.76 bits per heavy atom. The van der Waals surface area contributed by atoms with Gasteiger partial charge in [-0.05, 0) is 30.7 Å². The predicted octanol–water partition coefficient (Wildman–Crippen LogP) is 3.15. The monoisotopic (exact) mass is 308 g/mol. The second kappa shape index (κ2) is 5.68. The van der Waals surface area contributed by atoms with Gasteiger partial charge in [-0.3, -0.25) is 10.1 Å². The maximum Gasteiger partial charge on any atom is 0.352 e. The number of nitrogens with zero attached hydrogens (tertiary/aromatic N) is 4. The van der Waals surface area contributed by atoms with Crippen LogP contribution in [0, 0.1) is 34.2 Å². The quantitative estimate of drug-likeness (QED) is 0.490. The largest absolute Gasteiger partial charge is 0.433 e. The number of halogens is 2. The zero-order chi connectivity index (χ0) is 15.6. The Hall–Kier alpha value is -2.79. The fourth-order valence-electron chi connectivity index (χ4n) is 1.55. The molecule has 2 rings (SSSR count). The lowest BCUT2D eigenvalue weighted by atomic mass is 10.2. The molecule has 0 aliphatic heterocycles. The van der Waals surface area contributed by atoms with Crippen molar-refractivity contribution < 1.29 is 14.1 Å². The smallest absolute Gasteiger partial charge is 0.352 e. The molecule has 1 aromatic carbocycles. The molecule has 7 nitrogen and oxygen atoms in total. The van der Waals surface area contributed by atoms with E-state index in [0.717, 1.165) is 6.07 Å². The van der Waals surface area contributed by atoms with Gasteiger partial charge in [0.2, 0.25) is 5.28 Å². The van der Waals surface area contributed by atoms with E-state index in [9.17, 15) is 14.5 Å². The molecule has 0 saturated heterocycles. The summed E-state index contributed by atoms with van der Waals surface area (Å²) in [7, 11) is 0. The summed E-state index contributed by atoms with van der Waals surface area (Å²) in [6.45, 7) is 1.37. The Morgan fingerprint density at radius 2 is 2.19 bits per heavy atom. The molecule has 21 heavy (non-hydrogen) atoms. The van der Waals surface area contributed by atoms with E-state index in [1.54, 1.807) is 6.07 Å². The molecule has 0 aliphatic rings. The van der Waals surface area contributed by atoms with Crippen LogP contribution in [0.15, 0.2) is 18.2 Å². The predicted molar refractivity (Wildman–Crippen MR) is 69.6 cm³/mol. The Morgan fingerprint density at radius 1 is 1.48 bits per heavy atom. The molecule has 0 atom stereocenters. The van der Waals surface area contributed by atoms with Crippen molar-refractivity contribution in [3.8, 4) is 17.7 Å². The first-order chi connectivity index (χ1) is 9.92. The number of hydrogen-bond donors (Lipinski definition) is 0. The molecular formula is C12H6ClFN4O3. The highest BCUT2D eigenvalue weighted by molar-refractivity contribution is 6.28. The summed E-state index contributed by atoms with van der Waals surface area (Å²) in [5, 5.41) is 19.4. The third-order valence-electron chi connectivity index (χ3n) is 2.46. The van der Waals surface area contributed by atoms with E-state index in [2.05, 4.69) is 9.97 Å². The van der Waals surface area contributed by atoms with E-state index >= 15 is 0 Å². The molecule has 0 amide bonds. The van der Waals surface area contributed by atoms with Gasteiger partial charge in [0.25, 0.3) is 0 Å². The minimum atomic E-state index is -0.811. The van der Waals surface area contributed by atoms with E-state index in [-0.39, 0.29) is 22.3 Å². The maximum absolute atomic E-state index is 13.5. The van der Waals surface area contributed by atoms with Crippen LogP contribution in [0.5, 0.6) is 11.6 Å². The summed E-state index contributed by atoms with van der Waals surface area (Å²) in [5.41, 5.74) is -0.623. The van der Waals surface area contributed by atoms with Crippen LogP contribution in [0.1, 0.15) is 11.3 Å². The highest BCUT2D eigenvalue weighted by atomic mass is 35.5. The van der Waals surface area contributed by atoms with Gasteiger partial charge < -0.3 is 4.74 Å². The number of rotatable bonds is 3. The molecule has 0 fully saturated rings. The fraction of sp³-hybridized carbons (Fsp3) is 0.0833. The van der Waals surface area contributed by atoms with Crippen molar-refractivity contribution in [2.24, 2.45) is 0 Å². The minimum absolute atomic E-state index is 0.0177. The van der Waals surface area contributed by atoms with Crippen molar-refractivity contribution in [3.05, 3.63) is 50.7 Å². The van der Waals surface area contributed by atoms with Gasteiger partial charge >= 0.3 is 11.6 Å². The summed E-state index contributed by atoms with van der Waals surface area (Å²) in [4.78, 5) is 17.6. The average Bonchev–Trinajstić information content (AvgIpc) is 2.37. The van der Waals surface area contributed by atoms with Crippen molar-refractivity contribution in [3.63, 3.8) is 0 Å². The topological polar surface area (TPSA) is 102 Å². The fourth-order valence-corrected chi connectivity index (χ4v) is 1.75. The summed E-state index contributed by atoms with van der Waals surface area (Å²) < 4.78 is 18.7. The molecule has 0 N–H and O–H groups in total. The lowest BCUT2D eigenvalue weighted by Crippen LogP contribution is -2.01. The molecule has 0 unspecified atom stereocenters. The molecule has 9 heteroatoms. The van der Waals surface area contributed by atoms with E-state index in [1.807, 2.05) is 0 Å². The molecule has 2 aromatic rings. The molecule has 0 aliphatic carbocycles. The van der Waals surface area contributed by atoms with E-state index in [4.69, 9.17) is 21.6 Å². The van der Waals surface area contributed by atoms with Gasteiger partial charge in [0.1, 0.15) is 23.3 Å². The van der Waals surface area contributed by atoms with E-state index in [1.165, 1.54) is 19.1 Å². The van der Waals surface area contributed by atoms with Crippen molar-refractivity contribution in [2.45, 2.75) is 6.92 Å². The number of nitro groups is 1. The van der Waals surface area contributed by atoms with E-state index < -0.39 is 22.3 Å². The Kier molecular flexibility index (Phi) is 3.95. The number of hydrogen-bond acceptors (Lipinski definition) is 6. The molecule has 106 valence electrons. The minimum Gasteiger partial charge on any atom is -0.433 e. The summed E-state index contributed by atoms with van der Waals surface area (Å²) in [6.07, 6.45) is 0. The zero-order valence-electron chi connectivity index (χ0n) is 10.5. The van der Waals surface area contributed by atoms with Gasteiger partial charge in [0.05, 0.1) is 10.5 Å². The van der Waals surface area contributed by atoms with Gasteiger partial charge in [-0.2, -0.15) is 10.2 Å². The van der Waals surface area contributed by atoms with Crippen LogP contribution in [-0.2, 0) is 0 Å². The van der Waals surface area contributed by atoms with E-state index in [0.29, 0.717) is 0 Å². The van der Waals surface area contributed by atoms with Crippen LogP contribution in [-0.4, -0.2) is 14.9 Å². The summed E-state index contributed by atoms with van der Waals surface area (Å²) in [5.74, 6) is -1.26. The van der Waals surface area contributed by atoms with Crippen molar-refractivity contribution in [1.29, 1.82) is 5.26 Å². The molecule has 0 bridgehead atoms. The number of benzene rings is 1. The van der Waals surface area contributed by atoms with Gasteiger partial charge in [-0.25, -0.2) is 9.37 Å². The SMILES string of the molecule is Cc1nc(Cl)nc(Oc2ccc(C#N)c(F)c2)c1[N+](=O)[O-]. The second-order valence-corrected chi connectivity index (χ2v) is 4.18. The normalized spacial score (nSPS) is 10.0. The van der Waals surface area contributed by atoms with Crippen LogP contribution < -0.4 is 4.74 Å². The maximum atomic E-state index is 13.5. The summed E-state index contributed by atoms with van der Waals surface area (Å²) in [6, 6.07) is 5.05. The number of nitriles is 1. The van der Waals surface area contributed by atoms with Gasteiger partial charge in [-0.1, -0.05) is 0 Å². The van der Waals surface area contributed by atoms with Crippen molar-refractivity contribution in [1.82, 2.24) is 9.97 Å². The average molecular weight is 309 g/mol. The number of ether oxygens (including phenoxy) is 1. The van der Waals surface area contributed by atoms with Crippen molar-refractivity contribution in [2.75, 3.05) is 0 Å². The van der Waals surface area contributed by atoms with Crippen LogP contribution in [0.2, 0.25) is 5.28 Å². The third kappa shape index (κ3) is 3.04. The molecule has 0 radical (unpaired) electrons. The van der Waals surface area contributed by atoms with Crippen LogP contribution in [0.3, 0.4) is 0 Å². The van der Waals surface area contributed by atoms with Crippen LogP contribution in [0.4, 0.5) is 10.1 Å². The molecule has 0 saturated carbocycles. The first kappa shape index (κ1) is 14.6. The van der Waals surface area contributed by atoms with Gasteiger partial charge in [0.15, 0.2) is 0 Å². The highest BCUT2D eigenvalue weighted by Gasteiger charge is 2.24. The second-order valence-electron chi connectivity index (χ2n) is 3.84. The Bertz CT molecular complexity index is 776. The lowest BCUT2D eigenvalue weighted by Gasteiger charge is -2.07. The number of aryl methyl sites for hydroxylation is 1. The summed E-state index contributed by atoms with van der Waals surface area (Å²) >= 11 is 5.63. The van der Waals surface area contributed by atoms with Gasteiger partial charge in [-0.15, -0.1) is 0 Å². The molecule has 1 heterocycles. The third-order valence-corrected chi connectivity index (χ3v) is 2.63. The first-order valence-electron chi connectivity index (χ1n) is 5.48. The van der Waals surface area contributed by atoms with Crippen LogP contribution in [0.25, 0.3) is 0 Å². The Balaban J connectivity index is 2.47. The first-order valence-corrected chi connectivity index (χ1v) is 5.86. The van der Waals surface area contributed by atoms with Crippen molar-refractivity contribution >= 4 is 17.3 Å². The standard InChI is InChI=1S/C12H6ClFN4O3/c1-6-10(18(19)20)11(17-12(13)16-6)21-8-3-2-7(5-15)9(14)4-8/h2-4H,1H3. The lowest BCUT2D eigenvalue weighted by molar-refractivity contribution is -0.386. The molecule has 0 spiro atoms. The Labute approximate surface area is 122 Å².